The van der Waals surface area contributed by atoms with Crippen LogP contribution in [0.1, 0.15) is 44.2 Å². The van der Waals surface area contributed by atoms with Crippen molar-refractivity contribution in [2.45, 2.75) is 58.6 Å². The normalized spacial score (nSPS) is 19.7. The Hall–Kier alpha value is -1.06. The number of nitrogens with zero attached hydrogens (tertiary/aromatic N) is 1. The van der Waals surface area contributed by atoms with E-state index in [0.29, 0.717) is 6.10 Å². The molecule has 0 amide bonds. The zero-order valence-electron chi connectivity index (χ0n) is 13.8. The molecule has 1 fully saturated rings. The number of anilines is 1. The van der Waals surface area contributed by atoms with Crippen LogP contribution in [0, 0.1) is 6.92 Å². The Morgan fingerprint density at radius 2 is 2.19 bits per heavy atom. The number of likely N-dealkylation sites (N-methyl/N-ethyl adjacent to an activating group) is 1. The van der Waals surface area contributed by atoms with Crippen LogP contribution in [0.2, 0.25) is 0 Å². The highest BCUT2D eigenvalue weighted by Crippen LogP contribution is 2.25. The molecule has 2 N–H and O–H groups in total. The van der Waals surface area contributed by atoms with Crippen molar-refractivity contribution in [2.75, 3.05) is 24.6 Å². The first-order valence-electron chi connectivity index (χ1n) is 8.35. The molecule has 1 saturated heterocycles. The fraction of sp³-hybridized carbons (Fsp3) is 0.667. The van der Waals surface area contributed by atoms with Crippen molar-refractivity contribution in [1.82, 2.24) is 0 Å². The van der Waals surface area contributed by atoms with Gasteiger partial charge in [0.05, 0.1) is 6.10 Å². The zero-order valence-corrected chi connectivity index (χ0v) is 13.8. The highest BCUT2D eigenvalue weighted by atomic mass is 16.5. The summed E-state index contributed by atoms with van der Waals surface area (Å²) < 4.78 is 5.81. The third kappa shape index (κ3) is 4.45. The molecule has 3 heteroatoms. The summed E-state index contributed by atoms with van der Waals surface area (Å²) in [5.74, 6) is 0. The Bertz CT molecular complexity index is 441. The van der Waals surface area contributed by atoms with Gasteiger partial charge in [-0.1, -0.05) is 24.6 Å². The van der Waals surface area contributed by atoms with Crippen LogP contribution in [0.15, 0.2) is 18.2 Å². The lowest BCUT2D eigenvalue weighted by molar-refractivity contribution is 0.115. The molecule has 1 aliphatic heterocycles. The molecule has 0 aromatic heterocycles. The van der Waals surface area contributed by atoms with Crippen molar-refractivity contribution in [3.8, 4) is 0 Å². The molecular formula is C18H30N2O. The van der Waals surface area contributed by atoms with E-state index in [9.17, 15) is 0 Å². The van der Waals surface area contributed by atoms with Gasteiger partial charge >= 0.3 is 0 Å². The molecule has 1 heterocycles. The first-order chi connectivity index (χ1) is 10.1. The Kier molecular flexibility index (Phi) is 6.07. The number of hydrogen-bond donors (Lipinski definition) is 1. The van der Waals surface area contributed by atoms with Gasteiger partial charge in [-0.2, -0.15) is 0 Å². The van der Waals surface area contributed by atoms with Gasteiger partial charge < -0.3 is 15.4 Å². The number of hydrogen-bond acceptors (Lipinski definition) is 3. The lowest BCUT2D eigenvalue weighted by Gasteiger charge is -2.29. The van der Waals surface area contributed by atoms with E-state index >= 15 is 0 Å². The maximum atomic E-state index is 6.19. The Balaban J connectivity index is 2.17. The number of benzene rings is 1. The van der Waals surface area contributed by atoms with Gasteiger partial charge in [0, 0.05) is 31.4 Å². The summed E-state index contributed by atoms with van der Waals surface area (Å²) >= 11 is 0. The quantitative estimate of drug-likeness (QED) is 0.837. The van der Waals surface area contributed by atoms with Crippen LogP contribution in [0.3, 0.4) is 0 Å². The summed E-state index contributed by atoms with van der Waals surface area (Å²) in [5.41, 5.74) is 10.2. The van der Waals surface area contributed by atoms with E-state index < -0.39 is 0 Å². The fourth-order valence-corrected chi connectivity index (χ4v) is 3.05. The minimum absolute atomic E-state index is 0.243. The molecule has 0 saturated carbocycles. The molecule has 1 aromatic rings. The van der Waals surface area contributed by atoms with Crippen LogP contribution in [-0.2, 0) is 11.2 Å². The van der Waals surface area contributed by atoms with E-state index in [1.807, 2.05) is 0 Å². The van der Waals surface area contributed by atoms with Crippen LogP contribution in [0.25, 0.3) is 0 Å². The molecule has 2 atom stereocenters. The van der Waals surface area contributed by atoms with Crippen molar-refractivity contribution in [3.05, 3.63) is 29.3 Å². The van der Waals surface area contributed by atoms with Crippen molar-refractivity contribution < 1.29 is 4.74 Å². The van der Waals surface area contributed by atoms with Crippen molar-refractivity contribution >= 4 is 5.69 Å². The summed E-state index contributed by atoms with van der Waals surface area (Å²) in [5, 5.41) is 0. The smallest absolute Gasteiger partial charge is 0.0750 e. The second-order valence-electron chi connectivity index (χ2n) is 6.18. The molecule has 0 radical (unpaired) electrons. The first-order valence-corrected chi connectivity index (χ1v) is 8.35. The highest BCUT2D eigenvalue weighted by molar-refractivity contribution is 5.55. The minimum atomic E-state index is 0.243. The van der Waals surface area contributed by atoms with Crippen molar-refractivity contribution in [3.63, 3.8) is 0 Å². The molecular weight excluding hydrogens is 260 g/mol. The predicted molar refractivity (Wildman–Crippen MR) is 90.0 cm³/mol. The lowest BCUT2D eigenvalue weighted by atomic mass is 9.99. The number of rotatable bonds is 7. The third-order valence-corrected chi connectivity index (χ3v) is 4.41. The fourth-order valence-electron chi connectivity index (χ4n) is 3.05. The lowest BCUT2D eigenvalue weighted by Crippen LogP contribution is -2.33. The first kappa shape index (κ1) is 16.3. The van der Waals surface area contributed by atoms with Crippen molar-refractivity contribution in [2.24, 2.45) is 5.73 Å². The van der Waals surface area contributed by atoms with Gasteiger partial charge in [-0.15, -0.1) is 0 Å². The van der Waals surface area contributed by atoms with Gasteiger partial charge in [-0.25, -0.2) is 0 Å². The SMILES string of the molecule is CCC(N)Cc1cc(C)ccc1N(CC)CC1CCCO1. The highest BCUT2D eigenvalue weighted by Gasteiger charge is 2.20. The van der Waals surface area contributed by atoms with E-state index in [4.69, 9.17) is 10.5 Å². The second kappa shape index (κ2) is 7.81. The molecule has 0 spiro atoms. The van der Waals surface area contributed by atoms with Crippen LogP contribution < -0.4 is 10.6 Å². The van der Waals surface area contributed by atoms with Gasteiger partial charge in [0.15, 0.2) is 0 Å². The summed E-state index contributed by atoms with van der Waals surface area (Å²) in [6.45, 7) is 9.46. The number of aryl methyl sites for hydroxylation is 1. The Morgan fingerprint density at radius 1 is 1.38 bits per heavy atom. The molecule has 2 unspecified atom stereocenters. The Morgan fingerprint density at radius 3 is 2.81 bits per heavy atom. The van der Waals surface area contributed by atoms with Crippen LogP contribution >= 0.6 is 0 Å². The second-order valence-corrected chi connectivity index (χ2v) is 6.18. The number of nitrogens with two attached hydrogens (primary N) is 1. The monoisotopic (exact) mass is 290 g/mol. The average Bonchev–Trinajstić information content (AvgIpc) is 2.98. The van der Waals surface area contributed by atoms with Crippen LogP contribution in [-0.4, -0.2) is 31.8 Å². The predicted octanol–water partition coefficient (Wildman–Crippen LogP) is 3.28. The molecule has 118 valence electrons. The molecule has 1 aliphatic rings. The maximum Gasteiger partial charge on any atom is 0.0750 e. The van der Waals surface area contributed by atoms with E-state index in [2.05, 4.69) is 43.9 Å². The topological polar surface area (TPSA) is 38.5 Å². The van der Waals surface area contributed by atoms with Gasteiger partial charge in [0.2, 0.25) is 0 Å². The molecule has 1 aromatic carbocycles. The standard InChI is InChI=1S/C18H30N2O/c1-4-16(19)12-15-11-14(3)8-9-18(15)20(5-2)13-17-7-6-10-21-17/h8-9,11,16-17H,4-7,10,12-13,19H2,1-3H3. The summed E-state index contributed by atoms with van der Waals surface area (Å²) in [4.78, 5) is 2.45. The summed E-state index contributed by atoms with van der Waals surface area (Å²) in [6.07, 6.45) is 4.75. The maximum absolute atomic E-state index is 6.19. The minimum Gasteiger partial charge on any atom is -0.376 e. The molecule has 21 heavy (non-hydrogen) atoms. The van der Waals surface area contributed by atoms with Gasteiger partial charge in [0.1, 0.15) is 0 Å². The number of ether oxygens (including phenoxy) is 1. The largest absolute Gasteiger partial charge is 0.376 e. The van der Waals surface area contributed by atoms with Crippen molar-refractivity contribution in [1.29, 1.82) is 0 Å². The molecule has 2 rings (SSSR count). The molecule has 0 aliphatic carbocycles. The van der Waals surface area contributed by atoms with E-state index in [1.165, 1.54) is 29.7 Å². The molecule has 0 bridgehead atoms. The van der Waals surface area contributed by atoms with E-state index in [-0.39, 0.29) is 6.04 Å². The summed E-state index contributed by atoms with van der Waals surface area (Å²) in [7, 11) is 0. The van der Waals surface area contributed by atoms with E-state index in [0.717, 1.165) is 32.5 Å². The van der Waals surface area contributed by atoms with Gasteiger partial charge in [-0.05, 0) is 51.2 Å². The van der Waals surface area contributed by atoms with Crippen LogP contribution in [0.5, 0.6) is 0 Å². The average molecular weight is 290 g/mol. The van der Waals surface area contributed by atoms with Gasteiger partial charge in [-0.3, -0.25) is 0 Å². The van der Waals surface area contributed by atoms with E-state index in [1.54, 1.807) is 0 Å². The zero-order chi connectivity index (χ0) is 15.2. The van der Waals surface area contributed by atoms with Crippen LogP contribution in [0.4, 0.5) is 5.69 Å². The summed E-state index contributed by atoms with van der Waals surface area (Å²) in [6, 6.07) is 7.00. The third-order valence-electron chi connectivity index (χ3n) is 4.41. The van der Waals surface area contributed by atoms with Gasteiger partial charge in [0.25, 0.3) is 0 Å². The Labute approximate surface area is 129 Å². The molecule has 3 nitrogen and oxygen atoms in total.